The molecule has 2 aromatic carbocycles. The summed E-state index contributed by atoms with van der Waals surface area (Å²) in [6.45, 7) is 0. The number of halogens is 2. The van der Waals surface area contributed by atoms with Crippen LogP contribution in [0, 0.1) is 0 Å². The predicted octanol–water partition coefficient (Wildman–Crippen LogP) is 3.58. The van der Waals surface area contributed by atoms with Crippen molar-refractivity contribution in [2.24, 2.45) is 0 Å². The van der Waals surface area contributed by atoms with Gasteiger partial charge in [0.1, 0.15) is 0 Å². The van der Waals surface area contributed by atoms with E-state index in [9.17, 15) is 13.2 Å². The van der Waals surface area contributed by atoms with E-state index in [1.165, 1.54) is 49.6 Å². The van der Waals surface area contributed by atoms with E-state index in [2.05, 4.69) is 9.46 Å². The average molecular weight is 360 g/mol. The van der Waals surface area contributed by atoms with Crippen LogP contribution in [0.2, 0.25) is 10.0 Å². The zero-order chi connectivity index (χ0) is 16.3. The van der Waals surface area contributed by atoms with E-state index in [-0.39, 0.29) is 26.2 Å². The third-order valence-corrected chi connectivity index (χ3v) is 4.48. The van der Waals surface area contributed by atoms with Gasteiger partial charge in [-0.05, 0) is 36.4 Å². The number of carbonyl (C=O) groups excluding carboxylic acids is 1. The molecular weight excluding hydrogens is 349 g/mol. The van der Waals surface area contributed by atoms with Gasteiger partial charge in [0, 0.05) is 15.7 Å². The first-order valence-electron chi connectivity index (χ1n) is 5.99. The normalized spacial score (nSPS) is 11.0. The molecule has 22 heavy (non-hydrogen) atoms. The molecule has 0 spiro atoms. The SMILES string of the molecule is COC(=O)c1cccc(NS(=O)(=O)c2cc(Cl)cc(Cl)c2)c1. The summed E-state index contributed by atoms with van der Waals surface area (Å²) in [4.78, 5) is 11.4. The second-order valence-corrected chi connectivity index (χ2v) is 6.84. The zero-order valence-electron chi connectivity index (χ0n) is 11.3. The van der Waals surface area contributed by atoms with Crippen molar-refractivity contribution in [2.75, 3.05) is 11.8 Å². The van der Waals surface area contributed by atoms with E-state index in [1.54, 1.807) is 0 Å². The summed E-state index contributed by atoms with van der Waals surface area (Å²) >= 11 is 11.6. The van der Waals surface area contributed by atoms with E-state index in [0.29, 0.717) is 0 Å². The fourth-order valence-corrected chi connectivity index (χ4v) is 3.50. The van der Waals surface area contributed by atoms with Crippen LogP contribution in [-0.4, -0.2) is 21.5 Å². The highest BCUT2D eigenvalue weighted by molar-refractivity contribution is 7.92. The van der Waals surface area contributed by atoms with Gasteiger partial charge in [-0.25, -0.2) is 13.2 Å². The average Bonchev–Trinajstić information content (AvgIpc) is 2.45. The van der Waals surface area contributed by atoms with Crippen LogP contribution in [0.3, 0.4) is 0 Å². The Hall–Kier alpha value is -1.76. The first kappa shape index (κ1) is 16.6. The summed E-state index contributed by atoms with van der Waals surface area (Å²) in [5.74, 6) is -0.563. The Labute approximate surface area is 137 Å². The summed E-state index contributed by atoms with van der Waals surface area (Å²) in [6, 6.07) is 9.92. The lowest BCUT2D eigenvalue weighted by Crippen LogP contribution is -2.13. The molecule has 0 fully saturated rings. The van der Waals surface area contributed by atoms with Crippen molar-refractivity contribution in [3.63, 3.8) is 0 Å². The fourth-order valence-electron chi connectivity index (χ4n) is 1.73. The Kier molecular flexibility index (Phi) is 4.95. The van der Waals surface area contributed by atoms with Crippen molar-refractivity contribution >= 4 is 44.9 Å². The van der Waals surface area contributed by atoms with Gasteiger partial charge in [0.25, 0.3) is 10.0 Å². The van der Waals surface area contributed by atoms with Crippen LogP contribution in [0.5, 0.6) is 0 Å². The monoisotopic (exact) mass is 359 g/mol. The van der Waals surface area contributed by atoms with Crippen LogP contribution in [0.4, 0.5) is 5.69 Å². The topological polar surface area (TPSA) is 72.5 Å². The molecule has 2 aromatic rings. The lowest BCUT2D eigenvalue weighted by molar-refractivity contribution is 0.0601. The Morgan fingerprint density at radius 3 is 2.32 bits per heavy atom. The van der Waals surface area contributed by atoms with E-state index >= 15 is 0 Å². The third kappa shape index (κ3) is 3.91. The molecule has 5 nitrogen and oxygen atoms in total. The van der Waals surface area contributed by atoms with Gasteiger partial charge >= 0.3 is 5.97 Å². The number of ether oxygens (including phenoxy) is 1. The number of benzene rings is 2. The molecule has 116 valence electrons. The van der Waals surface area contributed by atoms with Gasteiger partial charge in [-0.1, -0.05) is 29.3 Å². The van der Waals surface area contributed by atoms with Crippen LogP contribution in [-0.2, 0) is 14.8 Å². The molecule has 0 aliphatic heterocycles. The van der Waals surface area contributed by atoms with E-state index in [4.69, 9.17) is 23.2 Å². The Bertz CT molecular complexity index is 801. The minimum absolute atomic E-state index is 0.0755. The second kappa shape index (κ2) is 6.56. The molecule has 1 N–H and O–H groups in total. The van der Waals surface area contributed by atoms with Crippen molar-refractivity contribution in [2.45, 2.75) is 4.90 Å². The number of rotatable bonds is 4. The summed E-state index contributed by atoms with van der Waals surface area (Å²) in [5.41, 5.74) is 0.450. The lowest BCUT2D eigenvalue weighted by atomic mass is 10.2. The molecule has 0 radical (unpaired) electrons. The molecule has 0 aromatic heterocycles. The molecule has 0 unspecified atom stereocenters. The quantitative estimate of drug-likeness (QED) is 0.846. The molecule has 0 bridgehead atoms. The number of hydrogen-bond donors (Lipinski definition) is 1. The molecule has 8 heteroatoms. The molecule has 0 saturated carbocycles. The van der Waals surface area contributed by atoms with Gasteiger partial charge < -0.3 is 4.74 Å². The molecule has 0 aliphatic rings. The van der Waals surface area contributed by atoms with Gasteiger partial charge in [0.15, 0.2) is 0 Å². The van der Waals surface area contributed by atoms with Gasteiger partial charge in [0.05, 0.1) is 17.6 Å². The maximum absolute atomic E-state index is 12.3. The first-order valence-corrected chi connectivity index (χ1v) is 8.23. The van der Waals surface area contributed by atoms with Crippen LogP contribution >= 0.6 is 23.2 Å². The second-order valence-electron chi connectivity index (χ2n) is 4.28. The van der Waals surface area contributed by atoms with Gasteiger partial charge in [-0.3, -0.25) is 4.72 Å². The van der Waals surface area contributed by atoms with E-state index in [1.807, 2.05) is 0 Å². The van der Waals surface area contributed by atoms with Crippen molar-refractivity contribution in [3.8, 4) is 0 Å². The number of nitrogens with one attached hydrogen (secondary N) is 1. The maximum atomic E-state index is 12.3. The van der Waals surface area contributed by atoms with Crippen LogP contribution in [0.15, 0.2) is 47.4 Å². The highest BCUT2D eigenvalue weighted by Crippen LogP contribution is 2.24. The smallest absolute Gasteiger partial charge is 0.337 e. The van der Waals surface area contributed by atoms with Crippen LogP contribution < -0.4 is 4.72 Å². The van der Waals surface area contributed by atoms with Crippen molar-refractivity contribution in [3.05, 3.63) is 58.1 Å². The lowest BCUT2D eigenvalue weighted by Gasteiger charge is -2.10. The number of sulfonamides is 1. The van der Waals surface area contributed by atoms with Crippen LogP contribution in [0.1, 0.15) is 10.4 Å². The van der Waals surface area contributed by atoms with Crippen molar-refractivity contribution in [1.29, 1.82) is 0 Å². The largest absolute Gasteiger partial charge is 0.465 e. The van der Waals surface area contributed by atoms with Gasteiger partial charge in [-0.15, -0.1) is 0 Å². The van der Waals surface area contributed by atoms with E-state index < -0.39 is 16.0 Å². The number of hydrogen-bond acceptors (Lipinski definition) is 4. The maximum Gasteiger partial charge on any atom is 0.337 e. The van der Waals surface area contributed by atoms with Crippen molar-refractivity contribution < 1.29 is 17.9 Å². The first-order chi connectivity index (χ1) is 10.3. The molecule has 0 amide bonds. The fraction of sp³-hybridized carbons (Fsp3) is 0.0714. The highest BCUT2D eigenvalue weighted by Gasteiger charge is 2.16. The number of carbonyl (C=O) groups is 1. The summed E-state index contributed by atoms with van der Waals surface area (Å²) < 4.78 is 31.6. The number of methoxy groups -OCH3 is 1. The summed E-state index contributed by atoms with van der Waals surface area (Å²) in [7, 11) is -2.64. The third-order valence-electron chi connectivity index (χ3n) is 2.68. The van der Waals surface area contributed by atoms with Crippen LogP contribution in [0.25, 0.3) is 0 Å². The summed E-state index contributed by atoms with van der Waals surface area (Å²) in [6.07, 6.45) is 0. The highest BCUT2D eigenvalue weighted by atomic mass is 35.5. The van der Waals surface area contributed by atoms with Gasteiger partial charge in [0.2, 0.25) is 0 Å². The minimum Gasteiger partial charge on any atom is -0.465 e. The molecule has 0 heterocycles. The predicted molar refractivity (Wildman–Crippen MR) is 85.1 cm³/mol. The Morgan fingerprint density at radius 1 is 1.09 bits per heavy atom. The molecule has 0 aliphatic carbocycles. The minimum atomic E-state index is -3.88. The molecule has 0 atom stereocenters. The molecule has 2 rings (SSSR count). The van der Waals surface area contributed by atoms with Crippen molar-refractivity contribution in [1.82, 2.24) is 0 Å². The Morgan fingerprint density at radius 2 is 1.73 bits per heavy atom. The zero-order valence-corrected chi connectivity index (χ0v) is 13.7. The Balaban J connectivity index is 2.34. The number of esters is 1. The summed E-state index contributed by atoms with van der Waals surface area (Å²) in [5, 5.41) is 0.410. The molecule has 0 saturated heterocycles. The standard InChI is InChI=1S/C14H11Cl2NO4S/c1-21-14(18)9-3-2-4-12(5-9)17-22(19,20)13-7-10(15)6-11(16)8-13/h2-8,17H,1H3. The molecular formula is C14H11Cl2NO4S. The van der Waals surface area contributed by atoms with E-state index in [0.717, 1.165) is 0 Å². The van der Waals surface area contributed by atoms with Gasteiger partial charge in [-0.2, -0.15) is 0 Å². The number of anilines is 1.